The molecule has 1 unspecified atom stereocenters. The van der Waals surface area contributed by atoms with Gasteiger partial charge in [-0.3, -0.25) is 0 Å². The average molecular weight is 168 g/mol. The fourth-order valence-corrected chi connectivity index (χ4v) is 0.912. The molecule has 0 fully saturated rings. The molecule has 12 heavy (non-hydrogen) atoms. The van der Waals surface area contributed by atoms with E-state index in [-0.39, 0.29) is 6.10 Å². The third-order valence-electron chi connectivity index (χ3n) is 1.61. The smallest absolute Gasteiger partial charge is 0.0695 e. The van der Waals surface area contributed by atoms with Gasteiger partial charge in [0.15, 0.2) is 0 Å². The van der Waals surface area contributed by atoms with Gasteiger partial charge in [0, 0.05) is 0 Å². The van der Waals surface area contributed by atoms with Crippen LogP contribution < -0.4 is 0 Å². The number of rotatable bonds is 6. The highest BCUT2D eigenvalue weighted by Gasteiger charge is 1.82. The Kier molecular flexibility index (Phi) is 8.14. The summed E-state index contributed by atoms with van der Waals surface area (Å²) in [6, 6.07) is 0. The molecule has 0 rings (SSSR count). The van der Waals surface area contributed by atoms with Crippen LogP contribution in [0.4, 0.5) is 0 Å². The third-order valence-corrected chi connectivity index (χ3v) is 1.61. The Hall–Kier alpha value is -0.560. The molecule has 0 aromatic rings. The van der Waals surface area contributed by atoms with Crippen molar-refractivity contribution in [3.63, 3.8) is 0 Å². The molecule has 0 aromatic heterocycles. The second-order valence-electron chi connectivity index (χ2n) is 3.05. The number of hydrogen-bond acceptors (Lipinski definition) is 1. The Balaban J connectivity index is 3.25. The Morgan fingerprint density at radius 3 is 2.58 bits per heavy atom. The van der Waals surface area contributed by atoms with Gasteiger partial charge >= 0.3 is 0 Å². The third kappa shape index (κ3) is 9.44. The quantitative estimate of drug-likeness (QED) is 0.477. The second kappa shape index (κ2) is 8.54. The Morgan fingerprint density at radius 2 is 2.00 bits per heavy atom. The molecule has 1 atom stereocenters. The number of allylic oxidation sites excluding steroid dienone is 3. The minimum atomic E-state index is -0.328. The molecule has 0 aliphatic carbocycles. The summed E-state index contributed by atoms with van der Waals surface area (Å²) in [4.78, 5) is 0. The first-order valence-corrected chi connectivity index (χ1v) is 4.78. The van der Waals surface area contributed by atoms with E-state index in [2.05, 4.69) is 13.0 Å². The molecule has 0 amide bonds. The van der Waals surface area contributed by atoms with Crippen molar-refractivity contribution in [1.29, 1.82) is 0 Å². The van der Waals surface area contributed by atoms with Gasteiger partial charge in [0.2, 0.25) is 0 Å². The Morgan fingerprint density at radius 1 is 1.25 bits per heavy atom. The van der Waals surface area contributed by atoms with Crippen molar-refractivity contribution >= 4 is 0 Å². The van der Waals surface area contributed by atoms with Crippen LogP contribution in [-0.2, 0) is 0 Å². The first-order chi connectivity index (χ1) is 5.77. The van der Waals surface area contributed by atoms with E-state index in [4.69, 9.17) is 5.11 Å². The van der Waals surface area contributed by atoms with Crippen molar-refractivity contribution in [2.24, 2.45) is 0 Å². The van der Waals surface area contributed by atoms with Crippen LogP contribution in [0.2, 0.25) is 0 Å². The number of unbranched alkanes of at least 4 members (excludes halogenated alkanes) is 3. The van der Waals surface area contributed by atoms with Crippen LogP contribution in [0.15, 0.2) is 24.3 Å². The van der Waals surface area contributed by atoms with Gasteiger partial charge in [0.1, 0.15) is 0 Å². The first-order valence-electron chi connectivity index (χ1n) is 4.78. The molecule has 0 aliphatic rings. The summed E-state index contributed by atoms with van der Waals surface area (Å²) in [5.74, 6) is 0. The highest BCUT2D eigenvalue weighted by atomic mass is 16.3. The number of hydrogen-bond donors (Lipinski definition) is 1. The van der Waals surface area contributed by atoms with Crippen molar-refractivity contribution in [3.8, 4) is 0 Å². The molecule has 0 aliphatic heterocycles. The van der Waals surface area contributed by atoms with Gasteiger partial charge in [-0.2, -0.15) is 0 Å². The van der Waals surface area contributed by atoms with Crippen LogP contribution in [-0.4, -0.2) is 11.2 Å². The van der Waals surface area contributed by atoms with Crippen molar-refractivity contribution in [3.05, 3.63) is 24.3 Å². The molecule has 70 valence electrons. The predicted octanol–water partition coefficient (Wildman–Crippen LogP) is 3.06. The lowest BCUT2D eigenvalue weighted by Gasteiger charge is -1.91. The van der Waals surface area contributed by atoms with Crippen molar-refractivity contribution in [2.45, 2.75) is 45.6 Å². The van der Waals surface area contributed by atoms with Gasteiger partial charge in [0.05, 0.1) is 6.10 Å². The monoisotopic (exact) mass is 168 g/mol. The minimum Gasteiger partial charge on any atom is -0.389 e. The fourth-order valence-electron chi connectivity index (χ4n) is 0.912. The molecule has 0 radical (unpaired) electrons. The molecular weight excluding hydrogens is 148 g/mol. The standard InChI is InChI=1S/C11H20O/c1-3-4-5-6-7-8-9-10-11(2)12/h7-12H,3-6H2,1-2H3/b8-7+,10-9-. The number of aliphatic hydroxyl groups is 1. The molecule has 0 saturated heterocycles. The van der Waals surface area contributed by atoms with Gasteiger partial charge in [0.25, 0.3) is 0 Å². The first kappa shape index (κ1) is 11.4. The number of aliphatic hydroxyl groups excluding tert-OH is 1. The van der Waals surface area contributed by atoms with Gasteiger partial charge < -0.3 is 5.11 Å². The molecule has 0 aromatic carbocycles. The lowest BCUT2D eigenvalue weighted by atomic mass is 10.2. The molecule has 1 heteroatoms. The van der Waals surface area contributed by atoms with E-state index in [9.17, 15) is 0 Å². The second-order valence-corrected chi connectivity index (χ2v) is 3.05. The summed E-state index contributed by atoms with van der Waals surface area (Å²) in [6.07, 6.45) is 12.5. The van der Waals surface area contributed by atoms with Crippen molar-refractivity contribution < 1.29 is 5.11 Å². The average Bonchev–Trinajstić information content (AvgIpc) is 2.02. The maximum Gasteiger partial charge on any atom is 0.0695 e. The molecule has 1 N–H and O–H groups in total. The van der Waals surface area contributed by atoms with Crippen molar-refractivity contribution in [2.75, 3.05) is 0 Å². The Bertz CT molecular complexity index is 134. The summed E-state index contributed by atoms with van der Waals surface area (Å²) >= 11 is 0. The van der Waals surface area contributed by atoms with Crippen LogP contribution in [0.5, 0.6) is 0 Å². The molecule has 0 heterocycles. The van der Waals surface area contributed by atoms with E-state index in [0.717, 1.165) is 6.42 Å². The minimum absolute atomic E-state index is 0.328. The molecule has 0 spiro atoms. The summed E-state index contributed by atoms with van der Waals surface area (Å²) < 4.78 is 0. The van der Waals surface area contributed by atoms with Gasteiger partial charge in [-0.05, 0) is 19.8 Å². The zero-order valence-electron chi connectivity index (χ0n) is 8.16. The van der Waals surface area contributed by atoms with Crippen LogP contribution >= 0.6 is 0 Å². The zero-order chi connectivity index (χ0) is 9.23. The predicted molar refractivity (Wildman–Crippen MR) is 54.1 cm³/mol. The van der Waals surface area contributed by atoms with Gasteiger partial charge in [-0.1, -0.05) is 44.1 Å². The zero-order valence-corrected chi connectivity index (χ0v) is 8.16. The fraction of sp³-hybridized carbons (Fsp3) is 0.636. The van der Waals surface area contributed by atoms with Crippen LogP contribution in [0.1, 0.15) is 39.5 Å². The summed E-state index contributed by atoms with van der Waals surface area (Å²) in [5.41, 5.74) is 0. The van der Waals surface area contributed by atoms with Gasteiger partial charge in [-0.25, -0.2) is 0 Å². The summed E-state index contributed by atoms with van der Waals surface area (Å²) in [6.45, 7) is 3.96. The van der Waals surface area contributed by atoms with Crippen LogP contribution in [0, 0.1) is 0 Å². The summed E-state index contributed by atoms with van der Waals surface area (Å²) in [5, 5.41) is 8.87. The van der Waals surface area contributed by atoms with E-state index in [0.29, 0.717) is 0 Å². The topological polar surface area (TPSA) is 20.2 Å². The maximum absolute atomic E-state index is 8.87. The van der Waals surface area contributed by atoms with Crippen molar-refractivity contribution in [1.82, 2.24) is 0 Å². The normalized spacial score (nSPS) is 14.6. The molecule has 0 bridgehead atoms. The molecule has 1 nitrogen and oxygen atoms in total. The van der Waals surface area contributed by atoms with E-state index < -0.39 is 0 Å². The van der Waals surface area contributed by atoms with Gasteiger partial charge in [-0.15, -0.1) is 0 Å². The van der Waals surface area contributed by atoms with E-state index in [1.165, 1.54) is 19.3 Å². The highest BCUT2D eigenvalue weighted by molar-refractivity contribution is 5.03. The molecular formula is C11H20O. The van der Waals surface area contributed by atoms with E-state index >= 15 is 0 Å². The van der Waals surface area contributed by atoms with E-state index in [1.807, 2.05) is 12.2 Å². The maximum atomic E-state index is 8.87. The SMILES string of the molecule is CCCCC/C=C/C=C\C(C)O. The highest BCUT2D eigenvalue weighted by Crippen LogP contribution is 1.99. The van der Waals surface area contributed by atoms with Crippen LogP contribution in [0.3, 0.4) is 0 Å². The lowest BCUT2D eigenvalue weighted by molar-refractivity contribution is 0.244. The lowest BCUT2D eigenvalue weighted by Crippen LogP contribution is -1.90. The van der Waals surface area contributed by atoms with E-state index in [1.54, 1.807) is 13.0 Å². The Labute approximate surface area is 75.8 Å². The van der Waals surface area contributed by atoms with Crippen LogP contribution in [0.25, 0.3) is 0 Å². The molecule has 0 saturated carbocycles. The summed E-state index contributed by atoms with van der Waals surface area (Å²) in [7, 11) is 0. The largest absolute Gasteiger partial charge is 0.389 e.